The lowest BCUT2D eigenvalue weighted by atomic mass is 10.1. The van der Waals surface area contributed by atoms with Crippen molar-refractivity contribution in [3.05, 3.63) is 88.0 Å². The van der Waals surface area contributed by atoms with E-state index in [2.05, 4.69) is 72.8 Å². The molecule has 1 N–H and O–H groups in total. The third-order valence-corrected chi connectivity index (χ3v) is 15.3. The quantitative estimate of drug-likeness (QED) is 0.115. The SMILES string of the molecule is C/C=C1\C[C@H]2C=Nc3cc(O)c(OC)cc3C(=O)N2C1.C/C=C1\C[C@H]2C=Nc3cc(OCCC(C)CCOc4cc5c(cc4OC)C(=O)N4C/C(=C/C)C[C@H]4C=N5)c(OC)cc3C(=O)N2C1.CC(CCBr)CCBr. The molecule has 396 valence electrons. The molecule has 0 bridgehead atoms. The molecule has 17 heteroatoms. The summed E-state index contributed by atoms with van der Waals surface area (Å²) in [6.07, 6.45) is 18.3. The number of phenolic OH excluding ortho intramolecular Hbond substituents is 1. The van der Waals surface area contributed by atoms with Gasteiger partial charge in [0, 0.05) is 67.1 Å². The number of hydrogen-bond donors (Lipinski definition) is 1. The summed E-state index contributed by atoms with van der Waals surface area (Å²) in [5.74, 6) is 3.47. The van der Waals surface area contributed by atoms with E-state index < -0.39 is 0 Å². The van der Waals surface area contributed by atoms with Crippen LogP contribution in [-0.2, 0) is 0 Å². The Bertz CT molecular complexity index is 2610. The lowest BCUT2D eigenvalue weighted by Crippen LogP contribution is -2.35. The van der Waals surface area contributed by atoms with Gasteiger partial charge in [-0.05, 0) is 95.8 Å². The second kappa shape index (κ2) is 26.0. The van der Waals surface area contributed by atoms with Crippen molar-refractivity contribution < 1.29 is 43.2 Å². The lowest BCUT2D eigenvalue weighted by molar-refractivity contribution is 0.0769. The molecule has 3 fully saturated rings. The fourth-order valence-corrected chi connectivity index (χ4v) is 11.2. The van der Waals surface area contributed by atoms with Crippen LogP contribution in [0, 0.1) is 11.8 Å². The first-order valence-electron chi connectivity index (χ1n) is 25.5. The van der Waals surface area contributed by atoms with E-state index in [4.69, 9.17) is 23.7 Å². The Balaban J connectivity index is 0.000000233. The molecule has 0 radical (unpaired) electrons. The Morgan fingerprint density at radius 1 is 0.541 bits per heavy atom. The largest absolute Gasteiger partial charge is 0.504 e. The van der Waals surface area contributed by atoms with Crippen LogP contribution < -0.4 is 23.7 Å². The minimum absolute atomic E-state index is 0.00534. The van der Waals surface area contributed by atoms with Gasteiger partial charge < -0.3 is 43.5 Å². The predicted molar refractivity (Wildman–Crippen MR) is 300 cm³/mol. The number of hydrogen-bond acceptors (Lipinski definition) is 12. The van der Waals surface area contributed by atoms with Gasteiger partial charge in [-0.3, -0.25) is 29.4 Å². The fraction of sp³-hybridized carbons (Fsp3) is 0.474. The van der Waals surface area contributed by atoms with Gasteiger partial charge in [0.15, 0.2) is 34.5 Å². The normalized spacial score (nSPS) is 21.1. The molecule has 9 rings (SSSR count). The van der Waals surface area contributed by atoms with Crippen molar-refractivity contribution in [2.75, 3.05) is 64.8 Å². The van der Waals surface area contributed by atoms with E-state index in [-0.39, 0.29) is 47.3 Å². The molecular formula is C57H70Br2N6O9. The molecule has 6 aliphatic rings. The highest BCUT2D eigenvalue weighted by Gasteiger charge is 2.37. The molecule has 3 amide bonds. The molecule has 3 aromatic rings. The van der Waals surface area contributed by atoms with Crippen LogP contribution in [0.2, 0.25) is 0 Å². The van der Waals surface area contributed by atoms with Gasteiger partial charge in [-0.2, -0.15) is 0 Å². The van der Waals surface area contributed by atoms with Gasteiger partial charge >= 0.3 is 0 Å². The Kier molecular flexibility index (Phi) is 19.6. The zero-order valence-corrected chi connectivity index (χ0v) is 47.0. The molecule has 3 aromatic carbocycles. The number of alkyl halides is 2. The smallest absolute Gasteiger partial charge is 0.257 e. The highest BCUT2D eigenvalue weighted by molar-refractivity contribution is 9.09. The van der Waals surface area contributed by atoms with E-state index in [1.54, 1.807) is 55.7 Å². The zero-order chi connectivity index (χ0) is 53.1. The highest BCUT2D eigenvalue weighted by atomic mass is 79.9. The number of fused-ring (bicyclic) bond motifs is 6. The molecular weight excluding hydrogens is 1070 g/mol. The van der Waals surface area contributed by atoms with Crippen molar-refractivity contribution in [3.8, 4) is 34.5 Å². The van der Waals surface area contributed by atoms with Crippen LogP contribution in [0.5, 0.6) is 34.5 Å². The molecule has 0 aliphatic carbocycles. The number of nitrogens with zero attached hydrogens (tertiary/aromatic N) is 6. The number of amides is 3. The summed E-state index contributed by atoms with van der Waals surface area (Å²) in [4.78, 5) is 58.5. The number of carbonyl (C=O) groups excluding carboxylic acids is 3. The van der Waals surface area contributed by atoms with Crippen molar-refractivity contribution in [1.29, 1.82) is 0 Å². The van der Waals surface area contributed by atoms with Gasteiger partial charge in [0.05, 0.1) is 86.4 Å². The number of carbonyl (C=O) groups is 3. The predicted octanol–water partition coefficient (Wildman–Crippen LogP) is 11.8. The summed E-state index contributed by atoms with van der Waals surface area (Å²) in [6.45, 7) is 13.3. The molecule has 0 aromatic heterocycles. The van der Waals surface area contributed by atoms with Crippen LogP contribution in [0.4, 0.5) is 17.1 Å². The minimum atomic E-state index is -0.0716. The van der Waals surface area contributed by atoms with E-state index in [9.17, 15) is 19.5 Å². The first-order valence-corrected chi connectivity index (χ1v) is 27.7. The van der Waals surface area contributed by atoms with E-state index in [0.29, 0.717) is 95.5 Å². The maximum atomic E-state index is 13.3. The van der Waals surface area contributed by atoms with Crippen LogP contribution in [-0.4, -0.2) is 139 Å². The van der Waals surface area contributed by atoms with Crippen LogP contribution in [0.15, 0.2) is 86.3 Å². The van der Waals surface area contributed by atoms with E-state index in [1.807, 2.05) is 49.1 Å². The van der Waals surface area contributed by atoms with Gasteiger partial charge in [0.1, 0.15) is 0 Å². The summed E-state index contributed by atoms with van der Waals surface area (Å²) in [5, 5.41) is 12.1. The molecule has 0 spiro atoms. The van der Waals surface area contributed by atoms with E-state index in [1.165, 1.54) is 42.7 Å². The summed E-state index contributed by atoms with van der Waals surface area (Å²) in [5.41, 5.74) is 6.93. The zero-order valence-electron chi connectivity index (χ0n) is 43.9. The van der Waals surface area contributed by atoms with Gasteiger partial charge in [0.25, 0.3) is 17.7 Å². The summed E-state index contributed by atoms with van der Waals surface area (Å²) in [7, 11) is 4.62. The van der Waals surface area contributed by atoms with Crippen molar-refractivity contribution in [1.82, 2.24) is 14.7 Å². The highest BCUT2D eigenvalue weighted by Crippen LogP contribution is 2.42. The lowest BCUT2D eigenvalue weighted by Gasteiger charge is -2.20. The van der Waals surface area contributed by atoms with E-state index >= 15 is 0 Å². The summed E-state index contributed by atoms with van der Waals surface area (Å²) in [6, 6.07) is 10.0. The molecule has 3 atom stereocenters. The second-order valence-corrected chi connectivity index (χ2v) is 20.9. The number of ether oxygens (including phenoxy) is 5. The van der Waals surface area contributed by atoms with Gasteiger partial charge in [-0.1, -0.05) is 80.7 Å². The van der Waals surface area contributed by atoms with Crippen molar-refractivity contribution in [3.63, 3.8) is 0 Å². The number of aliphatic imine (C=N–C) groups is 3. The number of allylic oxidation sites excluding steroid dienone is 3. The second-order valence-electron chi connectivity index (χ2n) is 19.3. The Hall–Kier alpha value is -5.94. The molecule has 0 unspecified atom stereocenters. The molecule has 74 heavy (non-hydrogen) atoms. The Morgan fingerprint density at radius 3 is 1.22 bits per heavy atom. The third-order valence-electron chi connectivity index (χ3n) is 14.4. The van der Waals surface area contributed by atoms with Crippen molar-refractivity contribution >= 4 is 85.3 Å². The monoisotopic (exact) mass is 1140 g/mol. The first kappa shape index (κ1) is 55.8. The summed E-state index contributed by atoms with van der Waals surface area (Å²) >= 11 is 6.81. The molecule has 6 aliphatic heterocycles. The minimum Gasteiger partial charge on any atom is -0.504 e. The van der Waals surface area contributed by atoms with Gasteiger partial charge in [0.2, 0.25) is 0 Å². The van der Waals surface area contributed by atoms with Crippen molar-refractivity contribution in [2.45, 2.75) is 97.7 Å². The van der Waals surface area contributed by atoms with Crippen LogP contribution in [0.25, 0.3) is 0 Å². The molecule has 3 saturated heterocycles. The Morgan fingerprint density at radius 2 is 0.878 bits per heavy atom. The van der Waals surface area contributed by atoms with Crippen LogP contribution in [0.3, 0.4) is 0 Å². The maximum Gasteiger partial charge on any atom is 0.257 e. The van der Waals surface area contributed by atoms with Gasteiger partial charge in [-0.15, -0.1) is 0 Å². The number of rotatable bonds is 15. The third kappa shape index (κ3) is 12.9. The standard InChI is InChI=1S/C36H42N4O6.C15H16N2O3.C6H12Br2/c1-6-23-12-25-18-37-29-16-33(31(43-4)14-27(29)35(41)39(25)20-23)45-10-8-22(3)9-11-46-34-17-30-28(15-32(34)44-5)36(42)40-21-24(7-2)13-26(40)19-38-30;1-3-9-4-10-7-16-12-6-13(18)14(20-2)5-11(12)15(19)17(10)8-9;1-6(2-4-7)3-5-8/h6-7,14-19,22,25-26H,8-13,20-21H2,1-5H3;3,5-7,10,18H,4,8H2,1-2H3;6H,2-5H2,1H3/b23-6+,24-7+;9-3+;/t25-,26-;10-;/m00./s1. The summed E-state index contributed by atoms with van der Waals surface area (Å²) < 4.78 is 28.6. The number of benzene rings is 3. The average Bonchev–Trinajstić information content (AvgIpc) is 4.10. The average molecular weight is 1140 g/mol. The molecule has 0 saturated carbocycles. The number of aromatic hydroxyl groups is 1. The maximum absolute atomic E-state index is 13.3. The van der Waals surface area contributed by atoms with E-state index in [0.717, 1.165) is 48.7 Å². The van der Waals surface area contributed by atoms with Crippen LogP contribution >= 0.6 is 31.9 Å². The topological polar surface area (TPSA) is 164 Å². The number of methoxy groups -OCH3 is 3. The fourth-order valence-electron chi connectivity index (χ4n) is 9.60. The molecule has 15 nitrogen and oxygen atoms in total. The first-order chi connectivity index (χ1) is 35.8. The van der Waals surface area contributed by atoms with Crippen LogP contribution in [0.1, 0.15) is 111 Å². The Labute approximate surface area is 452 Å². The molecule has 6 heterocycles. The number of phenols is 1. The van der Waals surface area contributed by atoms with Crippen molar-refractivity contribution in [2.24, 2.45) is 26.8 Å². The van der Waals surface area contributed by atoms with Gasteiger partial charge in [-0.25, -0.2) is 0 Å². The number of halogens is 2.